The van der Waals surface area contributed by atoms with Gasteiger partial charge in [0.05, 0.1) is 13.4 Å². The Labute approximate surface area is 107 Å². The largest absolute Gasteiger partial charge is 0.469 e. The number of carbonyl (C=O) groups is 1. The quantitative estimate of drug-likeness (QED) is 0.442. The second-order valence-corrected chi connectivity index (χ2v) is 3.73. The van der Waals surface area contributed by atoms with Gasteiger partial charge in [0.15, 0.2) is 0 Å². The molecule has 1 atom stereocenters. The Kier molecular flexibility index (Phi) is 6.67. The van der Waals surface area contributed by atoms with E-state index in [1.807, 2.05) is 12.1 Å². The van der Waals surface area contributed by atoms with Crippen LogP contribution in [0, 0.1) is 11.8 Å². The average molecular weight is 250 g/mol. The molecule has 0 aliphatic heterocycles. The summed E-state index contributed by atoms with van der Waals surface area (Å²) < 4.78 is 15.1. The van der Waals surface area contributed by atoms with E-state index in [2.05, 4.69) is 16.6 Å². The van der Waals surface area contributed by atoms with Crippen molar-refractivity contribution in [2.75, 3.05) is 14.2 Å². The molecule has 0 aromatic carbocycles. The third-order valence-corrected chi connectivity index (χ3v) is 2.47. The summed E-state index contributed by atoms with van der Waals surface area (Å²) in [5, 5.41) is 0. The van der Waals surface area contributed by atoms with Crippen molar-refractivity contribution in [3.05, 3.63) is 24.2 Å². The van der Waals surface area contributed by atoms with Crippen molar-refractivity contribution in [1.82, 2.24) is 0 Å². The number of esters is 1. The fraction of sp³-hybridized carbons (Fsp3) is 0.500. The lowest BCUT2D eigenvalue weighted by Crippen LogP contribution is -1.99. The molecule has 0 aliphatic rings. The lowest BCUT2D eigenvalue weighted by atomic mass is 10.2. The van der Waals surface area contributed by atoms with Crippen LogP contribution in [-0.4, -0.2) is 20.2 Å². The van der Waals surface area contributed by atoms with Crippen LogP contribution in [0.15, 0.2) is 22.8 Å². The van der Waals surface area contributed by atoms with Crippen molar-refractivity contribution >= 4 is 5.97 Å². The predicted octanol–water partition coefficient (Wildman–Crippen LogP) is 2.70. The minimum Gasteiger partial charge on any atom is -0.469 e. The van der Waals surface area contributed by atoms with Crippen molar-refractivity contribution in [2.45, 2.75) is 31.8 Å². The van der Waals surface area contributed by atoms with Crippen molar-refractivity contribution in [3.63, 3.8) is 0 Å². The summed E-state index contributed by atoms with van der Waals surface area (Å²) in [4.78, 5) is 10.9. The van der Waals surface area contributed by atoms with E-state index in [0.717, 1.165) is 12.2 Å². The van der Waals surface area contributed by atoms with E-state index in [4.69, 9.17) is 9.15 Å². The van der Waals surface area contributed by atoms with E-state index in [9.17, 15) is 4.79 Å². The molecule has 1 aromatic rings. The molecule has 0 amide bonds. The molecular formula is C14H18O4. The molecule has 0 radical (unpaired) electrons. The Bertz CT molecular complexity index is 397. The summed E-state index contributed by atoms with van der Waals surface area (Å²) in [7, 11) is 3.02. The zero-order valence-corrected chi connectivity index (χ0v) is 10.8. The van der Waals surface area contributed by atoms with Gasteiger partial charge in [-0.05, 0) is 18.6 Å². The van der Waals surface area contributed by atoms with Gasteiger partial charge >= 0.3 is 5.97 Å². The monoisotopic (exact) mass is 250 g/mol. The van der Waals surface area contributed by atoms with E-state index < -0.39 is 0 Å². The standard InChI is InChI=1S/C14H18O4/c1-16-12(13-9-7-11-18-13)8-5-3-4-6-10-14(15)17-2/h7,9,11-12H,4,6,8,10H2,1-2H3. The molecule has 4 heteroatoms. The fourth-order valence-electron chi connectivity index (χ4n) is 1.45. The van der Waals surface area contributed by atoms with Gasteiger partial charge < -0.3 is 13.9 Å². The average Bonchev–Trinajstić information content (AvgIpc) is 2.91. The van der Waals surface area contributed by atoms with Gasteiger partial charge in [0.1, 0.15) is 11.9 Å². The fourth-order valence-corrected chi connectivity index (χ4v) is 1.45. The first kappa shape index (κ1) is 14.3. The van der Waals surface area contributed by atoms with Crippen molar-refractivity contribution in [1.29, 1.82) is 0 Å². The first-order valence-electron chi connectivity index (χ1n) is 5.86. The highest BCUT2D eigenvalue weighted by atomic mass is 16.5. The third kappa shape index (κ3) is 5.07. The number of methoxy groups -OCH3 is 2. The number of hydrogen-bond donors (Lipinski definition) is 0. The van der Waals surface area contributed by atoms with Crippen LogP contribution in [0.25, 0.3) is 0 Å². The molecule has 4 nitrogen and oxygen atoms in total. The molecule has 0 saturated heterocycles. The highest BCUT2D eigenvalue weighted by Crippen LogP contribution is 2.19. The summed E-state index contributed by atoms with van der Waals surface area (Å²) in [5.74, 6) is 6.63. The molecular weight excluding hydrogens is 232 g/mol. The van der Waals surface area contributed by atoms with Crippen LogP contribution < -0.4 is 0 Å². The molecule has 1 rings (SSSR count). The first-order valence-corrected chi connectivity index (χ1v) is 5.86. The molecule has 18 heavy (non-hydrogen) atoms. The maximum Gasteiger partial charge on any atom is 0.305 e. The topological polar surface area (TPSA) is 48.7 Å². The number of furan rings is 1. The Hall–Kier alpha value is -1.73. The second-order valence-electron chi connectivity index (χ2n) is 3.73. The SMILES string of the molecule is COC(=O)CCCC#CCC(OC)c1ccco1. The van der Waals surface area contributed by atoms with E-state index in [0.29, 0.717) is 19.3 Å². The summed E-state index contributed by atoms with van der Waals surface area (Å²) in [6, 6.07) is 3.69. The summed E-state index contributed by atoms with van der Waals surface area (Å²) >= 11 is 0. The van der Waals surface area contributed by atoms with Crippen molar-refractivity contribution < 1.29 is 18.7 Å². The van der Waals surface area contributed by atoms with Crippen molar-refractivity contribution in [3.8, 4) is 11.8 Å². The van der Waals surface area contributed by atoms with Gasteiger partial charge in [-0.3, -0.25) is 4.79 Å². The lowest BCUT2D eigenvalue weighted by Gasteiger charge is -2.07. The highest BCUT2D eigenvalue weighted by molar-refractivity contribution is 5.69. The Morgan fingerprint density at radius 3 is 2.89 bits per heavy atom. The third-order valence-electron chi connectivity index (χ3n) is 2.47. The Morgan fingerprint density at radius 1 is 1.44 bits per heavy atom. The first-order chi connectivity index (χ1) is 8.77. The highest BCUT2D eigenvalue weighted by Gasteiger charge is 2.10. The van der Waals surface area contributed by atoms with Crippen molar-refractivity contribution in [2.24, 2.45) is 0 Å². The summed E-state index contributed by atoms with van der Waals surface area (Å²) in [5.41, 5.74) is 0. The van der Waals surface area contributed by atoms with Gasteiger partial charge in [-0.1, -0.05) is 0 Å². The number of ether oxygens (including phenoxy) is 2. The summed E-state index contributed by atoms with van der Waals surface area (Å²) in [6.07, 6.45) is 3.89. The molecule has 0 fully saturated rings. The number of carbonyl (C=O) groups excluding carboxylic acids is 1. The lowest BCUT2D eigenvalue weighted by molar-refractivity contribution is -0.140. The van der Waals surface area contributed by atoms with Gasteiger partial charge in [0, 0.05) is 26.4 Å². The predicted molar refractivity (Wildman–Crippen MR) is 66.7 cm³/mol. The molecule has 1 aromatic heterocycles. The van der Waals surface area contributed by atoms with Gasteiger partial charge in [0.2, 0.25) is 0 Å². The van der Waals surface area contributed by atoms with Gasteiger partial charge in [-0.25, -0.2) is 0 Å². The molecule has 0 N–H and O–H groups in total. The van der Waals surface area contributed by atoms with Crippen LogP contribution in [0.4, 0.5) is 0 Å². The minimum atomic E-state index is -0.192. The molecule has 98 valence electrons. The van der Waals surface area contributed by atoms with Gasteiger partial charge in [-0.2, -0.15) is 0 Å². The molecule has 1 unspecified atom stereocenters. The summed E-state index contributed by atoms with van der Waals surface area (Å²) in [6.45, 7) is 0. The van der Waals surface area contributed by atoms with E-state index in [-0.39, 0.29) is 12.1 Å². The van der Waals surface area contributed by atoms with Crippen LogP contribution in [-0.2, 0) is 14.3 Å². The maximum atomic E-state index is 10.9. The maximum absolute atomic E-state index is 10.9. The molecule has 0 aliphatic carbocycles. The van der Waals surface area contributed by atoms with Gasteiger partial charge in [-0.15, -0.1) is 11.8 Å². The molecule has 0 saturated carbocycles. The number of rotatable bonds is 6. The van der Waals surface area contributed by atoms with Crippen LogP contribution in [0.5, 0.6) is 0 Å². The Morgan fingerprint density at radius 2 is 2.28 bits per heavy atom. The molecule has 0 bridgehead atoms. The van der Waals surface area contributed by atoms with E-state index in [1.54, 1.807) is 13.4 Å². The molecule has 1 heterocycles. The van der Waals surface area contributed by atoms with E-state index in [1.165, 1.54) is 7.11 Å². The van der Waals surface area contributed by atoms with Crippen LogP contribution >= 0.6 is 0 Å². The second kappa shape index (κ2) is 8.37. The van der Waals surface area contributed by atoms with Gasteiger partial charge in [0.25, 0.3) is 0 Å². The molecule has 0 spiro atoms. The zero-order chi connectivity index (χ0) is 13.2. The minimum absolute atomic E-state index is 0.131. The normalized spacial score (nSPS) is 11.4. The van der Waals surface area contributed by atoms with Crippen LogP contribution in [0.1, 0.15) is 37.5 Å². The number of hydrogen-bond acceptors (Lipinski definition) is 4. The van der Waals surface area contributed by atoms with Crippen LogP contribution in [0.3, 0.4) is 0 Å². The Balaban J connectivity index is 2.25. The van der Waals surface area contributed by atoms with E-state index >= 15 is 0 Å². The smallest absolute Gasteiger partial charge is 0.305 e. The number of unbranched alkanes of at least 4 members (excludes halogenated alkanes) is 1. The zero-order valence-electron chi connectivity index (χ0n) is 10.8. The van der Waals surface area contributed by atoms with Crippen LogP contribution in [0.2, 0.25) is 0 Å².